The summed E-state index contributed by atoms with van der Waals surface area (Å²) in [6, 6.07) is 16.1. The van der Waals surface area contributed by atoms with Crippen molar-refractivity contribution in [3.8, 4) is 5.75 Å². The number of anilines is 1. The standard InChI is InChI=1S/C23H27N3O4/c1-2-30-20-10-8-17(9-11-20)22(28)24-16-21(27)26-14-12-18(13-15-26)23(29)25-19-6-4-3-5-7-19/h3-11,18H,2,12-16H2,1H3,(H,24,28)(H,25,29). The average Bonchev–Trinajstić information content (AvgIpc) is 2.78. The van der Waals surface area contributed by atoms with Gasteiger partial charge in [0.15, 0.2) is 0 Å². The third-order valence-electron chi connectivity index (χ3n) is 5.09. The molecule has 3 rings (SSSR count). The van der Waals surface area contributed by atoms with E-state index in [4.69, 9.17) is 4.74 Å². The molecule has 1 fully saturated rings. The number of piperidine rings is 1. The molecule has 0 aromatic heterocycles. The van der Waals surface area contributed by atoms with Crippen LogP contribution in [-0.2, 0) is 9.59 Å². The Kier molecular flexibility index (Phi) is 7.43. The molecule has 2 N–H and O–H groups in total. The summed E-state index contributed by atoms with van der Waals surface area (Å²) >= 11 is 0. The summed E-state index contributed by atoms with van der Waals surface area (Å²) in [5, 5.41) is 5.58. The Bertz CT molecular complexity index is 860. The number of ether oxygens (including phenoxy) is 1. The highest BCUT2D eigenvalue weighted by Gasteiger charge is 2.27. The summed E-state index contributed by atoms with van der Waals surface area (Å²) in [5.41, 5.74) is 1.25. The van der Waals surface area contributed by atoms with Crippen LogP contribution in [0.5, 0.6) is 5.75 Å². The number of rotatable bonds is 7. The lowest BCUT2D eigenvalue weighted by atomic mass is 9.95. The van der Waals surface area contributed by atoms with Gasteiger partial charge in [-0.3, -0.25) is 14.4 Å². The summed E-state index contributed by atoms with van der Waals surface area (Å²) < 4.78 is 5.36. The molecule has 0 atom stereocenters. The summed E-state index contributed by atoms with van der Waals surface area (Å²) in [6.07, 6.45) is 1.22. The number of likely N-dealkylation sites (tertiary alicyclic amines) is 1. The van der Waals surface area contributed by atoms with Gasteiger partial charge in [0.25, 0.3) is 5.91 Å². The van der Waals surface area contributed by atoms with Crippen molar-refractivity contribution in [2.24, 2.45) is 5.92 Å². The van der Waals surface area contributed by atoms with E-state index >= 15 is 0 Å². The quantitative estimate of drug-likeness (QED) is 0.736. The van der Waals surface area contributed by atoms with Crippen molar-refractivity contribution >= 4 is 23.4 Å². The van der Waals surface area contributed by atoms with Crippen molar-refractivity contribution in [1.82, 2.24) is 10.2 Å². The van der Waals surface area contributed by atoms with Gasteiger partial charge in [-0.1, -0.05) is 18.2 Å². The monoisotopic (exact) mass is 409 g/mol. The van der Waals surface area contributed by atoms with Gasteiger partial charge in [-0.25, -0.2) is 0 Å². The predicted molar refractivity (Wildman–Crippen MR) is 114 cm³/mol. The van der Waals surface area contributed by atoms with Gasteiger partial charge in [-0.15, -0.1) is 0 Å². The first-order valence-electron chi connectivity index (χ1n) is 10.2. The maximum atomic E-state index is 12.4. The third kappa shape index (κ3) is 5.83. The van der Waals surface area contributed by atoms with Crippen LogP contribution in [0.25, 0.3) is 0 Å². The summed E-state index contributed by atoms with van der Waals surface area (Å²) in [6.45, 7) is 3.40. The number of benzene rings is 2. The fraction of sp³-hybridized carbons (Fsp3) is 0.348. The van der Waals surface area contributed by atoms with E-state index in [0.717, 1.165) is 5.69 Å². The van der Waals surface area contributed by atoms with Crippen LogP contribution in [0.2, 0.25) is 0 Å². The Morgan fingerprint density at radius 1 is 1.00 bits per heavy atom. The van der Waals surface area contributed by atoms with E-state index in [1.165, 1.54) is 0 Å². The highest BCUT2D eigenvalue weighted by molar-refractivity contribution is 5.96. The fourth-order valence-electron chi connectivity index (χ4n) is 3.40. The van der Waals surface area contributed by atoms with E-state index in [1.54, 1.807) is 29.2 Å². The highest BCUT2D eigenvalue weighted by atomic mass is 16.5. The van der Waals surface area contributed by atoms with E-state index in [0.29, 0.717) is 43.9 Å². The number of nitrogens with zero attached hydrogens (tertiary/aromatic N) is 1. The maximum Gasteiger partial charge on any atom is 0.251 e. The zero-order valence-electron chi connectivity index (χ0n) is 17.1. The number of carbonyl (C=O) groups excluding carboxylic acids is 3. The zero-order valence-corrected chi connectivity index (χ0v) is 17.1. The van der Waals surface area contributed by atoms with Gasteiger partial charge in [0.1, 0.15) is 5.75 Å². The minimum absolute atomic E-state index is 0.0166. The Morgan fingerprint density at radius 2 is 1.67 bits per heavy atom. The molecule has 0 bridgehead atoms. The molecule has 7 heteroatoms. The second-order valence-electron chi connectivity index (χ2n) is 7.15. The van der Waals surface area contributed by atoms with Crippen LogP contribution in [0.4, 0.5) is 5.69 Å². The molecule has 0 aliphatic carbocycles. The van der Waals surface area contributed by atoms with Crippen molar-refractivity contribution in [1.29, 1.82) is 0 Å². The Hall–Kier alpha value is -3.35. The molecule has 0 unspecified atom stereocenters. The molecule has 7 nitrogen and oxygen atoms in total. The number of carbonyl (C=O) groups is 3. The molecule has 2 aromatic carbocycles. The number of nitrogens with one attached hydrogen (secondary N) is 2. The van der Waals surface area contributed by atoms with Crippen LogP contribution < -0.4 is 15.4 Å². The summed E-state index contributed by atoms with van der Waals surface area (Å²) in [4.78, 5) is 38.8. The topological polar surface area (TPSA) is 87.7 Å². The number of amides is 3. The minimum Gasteiger partial charge on any atom is -0.494 e. The number of hydrogen-bond donors (Lipinski definition) is 2. The average molecular weight is 409 g/mol. The van der Waals surface area contributed by atoms with E-state index in [-0.39, 0.29) is 30.2 Å². The molecular formula is C23H27N3O4. The summed E-state index contributed by atoms with van der Waals surface area (Å²) in [7, 11) is 0. The van der Waals surface area contributed by atoms with Crippen LogP contribution in [0.15, 0.2) is 54.6 Å². The first-order chi connectivity index (χ1) is 14.6. The van der Waals surface area contributed by atoms with Crippen molar-refractivity contribution in [3.05, 3.63) is 60.2 Å². The van der Waals surface area contributed by atoms with Gasteiger partial charge < -0.3 is 20.3 Å². The van der Waals surface area contributed by atoms with Gasteiger partial charge in [0, 0.05) is 30.3 Å². The Balaban J connectivity index is 1.41. The molecule has 1 aliphatic rings. The molecule has 1 heterocycles. The largest absolute Gasteiger partial charge is 0.494 e. The van der Waals surface area contributed by atoms with Gasteiger partial charge in [0.2, 0.25) is 11.8 Å². The van der Waals surface area contributed by atoms with Crippen LogP contribution in [0.1, 0.15) is 30.1 Å². The van der Waals surface area contributed by atoms with Crippen molar-refractivity contribution in [2.75, 3.05) is 31.6 Å². The molecule has 3 amide bonds. The van der Waals surface area contributed by atoms with Gasteiger partial charge in [0.05, 0.1) is 13.2 Å². The number of para-hydroxylation sites is 1. The predicted octanol–water partition coefficient (Wildman–Crippen LogP) is 2.69. The Morgan fingerprint density at radius 3 is 2.30 bits per heavy atom. The second kappa shape index (κ2) is 10.4. The molecule has 2 aromatic rings. The lowest BCUT2D eigenvalue weighted by Crippen LogP contribution is -2.45. The van der Waals surface area contributed by atoms with Crippen LogP contribution in [-0.4, -0.2) is 48.9 Å². The second-order valence-corrected chi connectivity index (χ2v) is 7.15. The maximum absolute atomic E-state index is 12.4. The third-order valence-corrected chi connectivity index (χ3v) is 5.09. The Labute approximate surface area is 176 Å². The zero-order chi connectivity index (χ0) is 21.3. The SMILES string of the molecule is CCOc1ccc(C(=O)NCC(=O)N2CCC(C(=O)Nc3ccccc3)CC2)cc1. The molecule has 0 saturated carbocycles. The fourth-order valence-corrected chi connectivity index (χ4v) is 3.40. The van der Waals surface area contributed by atoms with E-state index in [2.05, 4.69) is 10.6 Å². The lowest BCUT2D eigenvalue weighted by molar-refractivity contribution is -0.133. The normalized spacial score (nSPS) is 14.1. The smallest absolute Gasteiger partial charge is 0.251 e. The van der Waals surface area contributed by atoms with E-state index < -0.39 is 0 Å². The van der Waals surface area contributed by atoms with Crippen molar-refractivity contribution < 1.29 is 19.1 Å². The van der Waals surface area contributed by atoms with Gasteiger partial charge >= 0.3 is 0 Å². The molecule has 0 radical (unpaired) electrons. The lowest BCUT2D eigenvalue weighted by Gasteiger charge is -2.31. The molecular weight excluding hydrogens is 382 g/mol. The van der Waals surface area contributed by atoms with E-state index in [1.807, 2.05) is 37.3 Å². The molecule has 1 saturated heterocycles. The van der Waals surface area contributed by atoms with Crippen LogP contribution in [0, 0.1) is 5.92 Å². The summed E-state index contributed by atoms with van der Waals surface area (Å²) in [5.74, 6) is 0.119. The minimum atomic E-state index is -0.302. The molecule has 0 spiro atoms. The van der Waals surface area contributed by atoms with Crippen LogP contribution >= 0.6 is 0 Å². The van der Waals surface area contributed by atoms with E-state index in [9.17, 15) is 14.4 Å². The molecule has 1 aliphatic heterocycles. The first kappa shape index (κ1) is 21.4. The van der Waals surface area contributed by atoms with Crippen molar-refractivity contribution in [2.45, 2.75) is 19.8 Å². The first-order valence-corrected chi connectivity index (χ1v) is 10.2. The van der Waals surface area contributed by atoms with Gasteiger partial charge in [-0.05, 0) is 56.2 Å². The highest BCUT2D eigenvalue weighted by Crippen LogP contribution is 2.19. The molecule has 158 valence electrons. The van der Waals surface area contributed by atoms with Crippen LogP contribution in [0.3, 0.4) is 0 Å². The van der Waals surface area contributed by atoms with Crippen molar-refractivity contribution in [3.63, 3.8) is 0 Å². The molecule has 30 heavy (non-hydrogen) atoms. The van der Waals surface area contributed by atoms with Gasteiger partial charge in [-0.2, -0.15) is 0 Å². The number of hydrogen-bond acceptors (Lipinski definition) is 4.